The predicted molar refractivity (Wildman–Crippen MR) is 79.6 cm³/mol. The van der Waals surface area contributed by atoms with Crippen LogP contribution in [0.4, 0.5) is 0 Å². The Morgan fingerprint density at radius 3 is 2.53 bits per heavy atom. The number of allylic oxidation sites excluding steroid dienone is 7. The molecule has 0 N–H and O–H groups in total. The minimum Gasteiger partial charge on any atom is -0.289 e. The minimum absolute atomic E-state index is 0.424. The SMILES string of the molecule is C=CC=NC/C=C(C)\C=C/C(C)/C=C(\C)C=C. The van der Waals surface area contributed by atoms with Crippen LogP contribution in [0.1, 0.15) is 20.8 Å². The molecule has 1 nitrogen and oxygen atoms in total. The molecular formula is C16H23N. The summed E-state index contributed by atoms with van der Waals surface area (Å²) in [5.41, 5.74) is 2.43. The highest BCUT2D eigenvalue weighted by molar-refractivity contribution is 5.70. The van der Waals surface area contributed by atoms with E-state index in [1.807, 2.05) is 6.08 Å². The molecule has 0 aromatic heterocycles. The van der Waals surface area contributed by atoms with Gasteiger partial charge in [0.25, 0.3) is 0 Å². The number of aliphatic imine (C=N–C) groups is 1. The van der Waals surface area contributed by atoms with Gasteiger partial charge in [0.05, 0.1) is 6.54 Å². The Labute approximate surface area is 106 Å². The molecule has 0 fully saturated rings. The van der Waals surface area contributed by atoms with E-state index in [1.165, 1.54) is 11.1 Å². The van der Waals surface area contributed by atoms with Crippen molar-refractivity contribution in [1.29, 1.82) is 0 Å². The van der Waals surface area contributed by atoms with Crippen molar-refractivity contribution < 1.29 is 0 Å². The van der Waals surface area contributed by atoms with Gasteiger partial charge in [-0.05, 0) is 19.8 Å². The van der Waals surface area contributed by atoms with E-state index in [4.69, 9.17) is 0 Å². The molecule has 0 spiro atoms. The molecule has 0 heterocycles. The zero-order valence-electron chi connectivity index (χ0n) is 11.2. The second-order valence-corrected chi connectivity index (χ2v) is 4.03. The largest absolute Gasteiger partial charge is 0.289 e. The maximum absolute atomic E-state index is 4.14. The highest BCUT2D eigenvalue weighted by Crippen LogP contribution is 2.07. The fraction of sp³-hybridized carbons (Fsp3) is 0.312. The van der Waals surface area contributed by atoms with Crippen LogP contribution in [0.3, 0.4) is 0 Å². The molecule has 0 bridgehead atoms. The van der Waals surface area contributed by atoms with E-state index in [2.05, 4.69) is 63.2 Å². The number of nitrogens with zero attached hydrogens (tertiary/aromatic N) is 1. The summed E-state index contributed by atoms with van der Waals surface area (Å²) in [6.45, 7) is 14.3. The van der Waals surface area contributed by atoms with Crippen LogP contribution < -0.4 is 0 Å². The van der Waals surface area contributed by atoms with Crippen molar-refractivity contribution in [2.45, 2.75) is 20.8 Å². The van der Waals surface area contributed by atoms with Crippen LogP contribution in [0.15, 0.2) is 65.8 Å². The van der Waals surface area contributed by atoms with Gasteiger partial charge in [-0.25, -0.2) is 0 Å². The van der Waals surface area contributed by atoms with Crippen molar-refractivity contribution in [2.24, 2.45) is 10.9 Å². The first-order valence-corrected chi connectivity index (χ1v) is 5.86. The lowest BCUT2D eigenvalue weighted by Crippen LogP contribution is -1.85. The first-order chi connectivity index (χ1) is 8.10. The van der Waals surface area contributed by atoms with E-state index in [0.717, 1.165) is 0 Å². The van der Waals surface area contributed by atoms with Gasteiger partial charge in [-0.3, -0.25) is 4.99 Å². The fourth-order valence-corrected chi connectivity index (χ4v) is 1.24. The Morgan fingerprint density at radius 2 is 1.94 bits per heavy atom. The Bertz CT molecular complexity index is 354. The topological polar surface area (TPSA) is 12.4 Å². The molecular weight excluding hydrogens is 206 g/mol. The maximum Gasteiger partial charge on any atom is 0.0575 e. The summed E-state index contributed by atoms with van der Waals surface area (Å²) < 4.78 is 0. The first-order valence-electron chi connectivity index (χ1n) is 5.86. The molecule has 0 saturated heterocycles. The Kier molecular flexibility index (Phi) is 8.67. The summed E-state index contributed by atoms with van der Waals surface area (Å²) in [5.74, 6) is 0.424. The molecule has 0 saturated carbocycles. The number of hydrogen-bond donors (Lipinski definition) is 0. The molecule has 17 heavy (non-hydrogen) atoms. The van der Waals surface area contributed by atoms with Crippen molar-refractivity contribution in [2.75, 3.05) is 6.54 Å². The van der Waals surface area contributed by atoms with Gasteiger partial charge in [0, 0.05) is 6.21 Å². The van der Waals surface area contributed by atoms with E-state index in [9.17, 15) is 0 Å². The van der Waals surface area contributed by atoms with E-state index in [0.29, 0.717) is 12.5 Å². The van der Waals surface area contributed by atoms with Crippen LogP contribution in [0.5, 0.6) is 0 Å². The van der Waals surface area contributed by atoms with Gasteiger partial charge in [-0.1, -0.05) is 67.7 Å². The number of hydrogen-bond acceptors (Lipinski definition) is 1. The quantitative estimate of drug-likeness (QED) is 0.450. The average molecular weight is 229 g/mol. The van der Waals surface area contributed by atoms with E-state index in [-0.39, 0.29) is 0 Å². The Balaban J connectivity index is 4.27. The van der Waals surface area contributed by atoms with Gasteiger partial charge in [-0.2, -0.15) is 0 Å². The summed E-state index contributed by atoms with van der Waals surface area (Å²) >= 11 is 0. The molecule has 0 aromatic carbocycles. The zero-order valence-corrected chi connectivity index (χ0v) is 11.2. The summed E-state index contributed by atoms with van der Waals surface area (Å²) in [4.78, 5) is 4.14. The van der Waals surface area contributed by atoms with E-state index in [1.54, 1.807) is 12.3 Å². The smallest absolute Gasteiger partial charge is 0.0575 e. The van der Waals surface area contributed by atoms with Crippen LogP contribution >= 0.6 is 0 Å². The van der Waals surface area contributed by atoms with Gasteiger partial charge in [-0.15, -0.1) is 0 Å². The van der Waals surface area contributed by atoms with Crippen molar-refractivity contribution in [3.8, 4) is 0 Å². The maximum atomic E-state index is 4.14. The molecule has 1 unspecified atom stereocenters. The monoisotopic (exact) mass is 229 g/mol. The van der Waals surface area contributed by atoms with Crippen LogP contribution in [-0.4, -0.2) is 12.8 Å². The van der Waals surface area contributed by atoms with Crippen LogP contribution in [-0.2, 0) is 0 Å². The molecule has 1 atom stereocenters. The van der Waals surface area contributed by atoms with Gasteiger partial charge >= 0.3 is 0 Å². The highest BCUT2D eigenvalue weighted by Gasteiger charge is 1.91. The van der Waals surface area contributed by atoms with Crippen molar-refractivity contribution in [3.63, 3.8) is 0 Å². The molecule has 92 valence electrons. The molecule has 1 heteroatoms. The molecule has 0 aliphatic rings. The van der Waals surface area contributed by atoms with E-state index >= 15 is 0 Å². The first kappa shape index (κ1) is 15.4. The minimum atomic E-state index is 0.424. The second-order valence-electron chi connectivity index (χ2n) is 4.03. The lowest BCUT2D eigenvalue weighted by atomic mass is 10.1. The average Bonchev–Trinajstić information content (AvgIpc) is 2.32. The van der Waals surface area contributed by atoms with Crippen LogP contribution in [0.25, 0.3) is 0 Å². The van der Waals surface area contributed by atoms with Gasteiger partial charge < -0.3 is 0 Å². The van der Waals surface area contributed by atoms with Gasteiger partial charge in [0.2, 0.25) is 0 Å². The van der Waals surface area contributed by atoms with Crippen molar-refractivity contribution in [3.05, 3.63) is 60.8 Å². The lowest BCUT2D eigenvalue weighted by Gasteiger charge is -2.00. The summed E-state index contributed by atoms with van der Waals surface area (Å²) in [5, 5.41) is 0. The van der Waals surface area contributed by atoms with Crippen molar-refractivity contribution >= 4 is 6.21 Å². The van der Waals surface area contributed by atoms with Crippen LogP contribution in [0, 0.1) is 5.92 Å². The number of rotatable bonds is 7. The lowest BCUT2D eigenvalue weighted by molar-refractivity contribution is 0.928. The third-order valence-corrected chi connectivity index (χ3v) is 2.24. The highest BCUT2D eigenvalue weighted by atomic mass is 14.7. The standard InChI is InChI=1S/C16H23N/c1-6-11-17-12-10-15(4)8-9-16(5)13-14(3)7-2/h6-11,13,16H,1-2,12H2,3-5H3/b9-8-,14-13+,15-10-,17-11?. The van der Waals surface area contributed by atoms with Gasteiger partial charge in [0.15, 0.2) is 0 Å². The molecule has 0 aliphatic heterocycles. The second kappa shape index (κ2) is 9.59. The van der Waals surface area contributed by atoms with Crippen molar-refractivity contribution in [1.82, 2.24) is 0 Å². The summed E-state index contributed by atoms with van der Waals surface area (Å²) in [6.07, 6.45) is 13.9. The van der Waals surface area contributed by atoms with E-state index < -0.39 is 0 Å². The predicted octanol–water partition coefficient (Wildman–Crippen LogP) is 4.51. The summed E-state index contributed by atoms with van der Waals surface area (Å²) in [7, 11) is 0. The molecule has 0 aromatic rings. The zero-order chi connectivity index (χ0) is 13.1. The Hall–Kier alpha value is -1.63. The molecule has 0 radical (unpaired) electrons. The molecule has 0 rings (SSSR count). The fourth-order valence-electron chi connectivity index (χ4n) is 1.24. The molecule has 0 amide bonds. The third-order valence-electron chi connectivity index (χ3n) is 2.24. The summed E-state index contributed by atoms with van der Waals surface area (Å²) in [6, 6.07) is 0. The Morgan fingerprint density at radius 1 is 1.24 bits per heavy atom. The third kappa shape index (κ3) is 9.31. The van der Waals surface area contributed by atoms with Crippen LogP contribution in [0.2, 0.25) is 0 Å². The normalized spacial score (nSPS) is 15.5. The van der Waals surface area contributed by atoms with Gasteiger partial charge in [0.1, 0.15) is 0 Å². The molecule has 0 aliphatic carbocycles.